The summed E-state index contributed by atoms with van der Waals surface area (Å²) in [6.45, 7) is 3.40. The van der Waals surface area contributed by atoms with Crippen molar-refractivity contribution in [1.29, 1.82) is 0 Å². The molecule has 4 rings (SSSR count). The van der Waals surface area contributed by atoms with Gasteiger partial charge in [-0.1, -0.05) is 6.07 Å². The van der Waals surface area contributed by atoms with Gasteiger partial charge < -0.3 is 9.32 Å². The van der Waals surface area contributed by atoms with Gasteiger partial charge in [-0.2, -0.15) is 0 Å². The van der Waals surface area contributed by atoms with E-state index >= 15 is 0 Å². The van der Waals surface area contributed by atoms with E-state index in [0.717, 1.165) is 42.4 Å². The Morgan fingerprint density at radius 2 is 1.97 bits per heavy atom. The van der Waals surface area contributed by atoms with E-state index < -0.39 is 9.84 Å². The van der Waals surface area contributed by atoms with Gasteiger partial charge >= 0.3 is 0 Å². The standard InChI is InChI=1S/C20H21N3O4S2/c1-29(25,26)17-5-2-4-15(12-17)20(24)23-9-7-22(8-10-23)13-16-14-28-19(21-16)18-6-3-11-27-18/h2-6,11-12,14H,7-10,13H2,1H3. The molecule has 0 unspecified atom stereocenters. The first-order valence-electron chi connectivity index (χ1n) is 9.20. The van der Waals surface area contributed by atoms with Crippen molar-refractivity contribution in [3.05, 3.63) is 59.3 Å². The third-order valence-electron chi connectivity index (χ3n) is 4.84. The zero-order valence-electron chi connectivity index (χ0n) is 15.9. The fourth-order valence-electron chi connectivity index (χ4n) is 3.27. The number of carbonyl (C=O) groups excluding carboxylic acids is 1. The zero-order chi connectivity index (χ0) is 20.4. The minimum atomic E-state index is -3.34. The SMILES string of the molecule is CS(=O)(=O)c1cccc(C(=O)N2CCN(Cc3csc(-c4ccco4)n3)CC2)c1. The summed E-state index contributed by atoms with van der Waals surface area (Å²) in [5.74, 6) is 0.636. The van der Waals surface area contributed by atoms with Gasteiger partial charge in [0.15, 0.2) is 20.6 Å². The van der Waals surface area contributed by atoms with E-state index in [1.165, 1.54) is 12.1 Å². The molecule has 152 valence electrons. The number of thiazole rings is 1. The van der Waals surface area contributed by atoms with Gasteiger partial charge in [0.05, 0.1) is 16.9 Å². The first kappa shape index (κ1) is 19.8. The normalized spacial score (nSPS) is 15.6. The summed E-state index contributed by atoms with van der Waals surface area (Å²) >= 11 is 1.56. The van der Waals surface area contributed by atoms with Crippen molar-refractivity contribution >= 4 is 27.1 Å². The zero-order valence-corrected chi connectivity index (χ0v) is 17.6. The Balaban J connectivity index is 1.35. The first-order valence-corrected chi connectivity index (χ1v) is 12.0. The van der Waals surface area contributed by atoms with Gasteiger partial charge in [-0.15, -0.1) is 11.3 Å². The van der Waals surface area contributed by atoms with Crippen LogP contribution in [0.15, 0.2) is 57.4 Å². The number of piperazine rings is 1. The summed E-state index contributed by atoms with van der Waals surface area (Å²) in [6.07, 6.45) is 2.78. The van der Waals surface area contributed by atoms with E-state index in [2.05, 4.69) is 9.88 Å². The highest BCUT2D eigenvalue weighted by Crippen LogP contribution is 2.24. The molecule has 0 radical (unpaired) electrons. The molecule has 2 aromatic heterocycles. The third kappa shape index (κ3) is 4.58. The molecule has 0 atom stereocenters. The molecule has 0 saturated carbocycles. The summed E-state index contributed by atoms with van der Waals surface area (Å²) < 4.78 is 28.9. The molecule has 7 nitrogen and oxygen atoms in total. The molecule has 3 heterocycles. The summed E-state index contributed by atoms with van der Waals surface area (Å²) in [4.78, 5) is 21.6. The monoisotopic (exact) mass is 431 g/mol. The lowest BCUT2D eigenvalue weighted by Crippen LogP contribution is -2.48. The smallest absolute Gasteiger partial charge is 0.253 e. The fraction of sp³-hybridized carbons (Fsp3) is 0.300. The number of aromatic nitrogens is 1. The highest BCUT2D eigenvalue weighted by Gasteiger charge is 2.23. The number of carbonyl (C=O) groups is 1. The van der Waals surface area contributed by atoms with E-state index in [1.54, 1.807) is 34.6 Å². The second-order valence-electron chi connectivity index (χ2n) is 6.99. The molecule has 0 spiro atoms. The van der Waals surface area contributed by atoms with Crippen molar-refractivity contribution in [1.82, 2.24) is 14.8 Å². The number of hydrogen-bond donors (Lipinski definition) is 0. The number of rotatable bonds is 5. The lowest BCUT2D eigenvalue weighted by atomic mass is 10.2. The number of nitrogens with zero attached hydrogens (tertiary/aromatic N) is 3. The summed E-state index contributed by atoms with van der Waals surface area (Å²) in [7, 11) is -3.34. The van der Waals surface area contributed by atoms with Crippen molar-refractivity contribution < 1.29 is 17.6 Å². The molecule has 1 saturated heterocycles. The van der Waals surface area contributed by atoms with Crippen LogP contribution in [-0.2, 0) is 16.4 Å². The molecular formula is C20H21N3O4S2. The molecule has 1 aromatic carbocycles. The van der Waals surface area contributed by atoms with Gasteiger partial charge in [-0.25, -0.2) is 13.4 Å². The maximum atomic E-state index is 12.8. The maximum Gasteiger partial charge on any atom is 0.253 e. The van der Waals surface area contributed by atoms with Crippen LogP contribution in [0.1, 0.15) is 16.1 Å². The van der Waals surface area contributed by atoms with E-state index in [4.69, 9.17) is 4.42 Å². The Bertz CT molecular complexity index is 1100. The Hall–Kier alpha value is -2.49. The summed E-state index contributed by atoms with van der Waals surface area (Å²) in [5.41, 5.74) is 1.39. The molecule has 1 aliphatic heterocycles. The number of amides is 1. The van der Waals surface area contributed by atoms with Crippen LogP contribution in [0, 0.1) is 0 Å². The quantitative estimate of drug-likeness (QED) is 0.618. The van der Waals surface area contributed by atoms with Crippen LogP contribution in [0.5, 0.6) is 0 Å². The number of benzene rings is 1. The molecule has 9 heteroatoms. The van der Waals surface area contributed by atoms with Gasteiger partial charge in [0.1, 0.15) is 0 Å². The van der Waals surface area contributed by atoms with Gasteiger partial charge in [0.25, 0.3) is 5.91 Å². The van der Waals surface area contributed by atoms with Gasteiger partial charge in [-0.3, -0.25) is 9.69 Å². The molecule has 0 bridgehead atoms. The van der Waals surface area contributed by atoms with E-state index in [1.807, 2.05) is 17.5 Å². The van der Waals surface area contributed by atoms with Crippen molar-refractivity contribution in [2.75, 3.05) is 32.4 Å². The van der Waals surface area contributed by atoms with Crippen molar-refractivity contribution in [2.24, 2.45) is 0 Å². The lowest BCUT2D eigenvalue weighted by molar-refractivity contribution is 0.0627. The molecule has 1 aliphatic rings. The predicted molar refractivity (Wildman–Crippen MR) is 111 cm³/mol. The number of sulfone groups is 1. The Labute approximate surface area is 173 Å². The largest absolute Gasteiger partial charge is 0.462 e. The van der Waals surface area contributed by atoms with Crippen LogP contribution in [0.3, 0.4) is 0 Å². The van der Waals surface area contributed by atoms with E-state index in [-0.39, 0.29) is 10.8 Å². The maximum absolute atomic E-state index is 12.8. The van der Waals surface area contributed by atoms with Crippen LogP contribution < -0.4 is 0 Å². The molecule has 0 aliphatic carbocycles. The van der Waals surface area contributed by atoms with E-state index in [0.29, 0.717) is 18.7 Å². The summed E-state index contributed by atoms with van der Waals surface area (Å²) in [6, 6.07) is 9.97. The van der Waals surface area contributed by atoms with Crippen molar-refractivity contribution in [3.8, 4) is 10.8 Å². The van der Waals surface area contributed by atoms with Gasteiger partial charge in [0.2, 0.25) is 0 Å². The lowest BCUT2D eigenvalue weighted by Gasteiger charge is -2.34. The molecule has 3 aromatic rings. The predicted octanol–water partition coefficient (Wildman–Crippen LogP) is 2.76. The van der Waals surface area contributed by atoms with E-state index in [9.17, 15) is 13.2 Å². The van der Waals surface area contributed by atoms with Crippen molar-refractivity contribution in [2.45, 2.75) is 11.4 Å². The van der Waals surface area contributed by atoms with Crippen LogP contribution in [0.25, 0.3) is 10.8 Å². The van der Waals surface area contributed by atoms with Gasteiger partial charge in [-0.05, 0) is 30.3 Å². The highest BCUT2D eigenvalue weighted by molar-refractivity contribution is 7.90. The van der Waals surface area contributed by atoms with Crippen LogP contribution in [-0.4, -0.2) is 61.5 Å². The Morgan fingerprint density at radius 3 is 2.66 bits per heavy atom. The molecular weight excluding hydrogens is 410 g/mol. The average Bonchev–Trinajstić information content (AvgIpc) is 3.39. The molecule has 0 N–H and O–H groups in total. The highest BCUT2D eigenvalue weighted by atomic mass is 32.2. The number of hydrogen-bond acceptors (Lipinski definition) is 7. The van der Waals surface area contributed by atoms with Crippen LogP contribution in [0.2, 0.25) is 0 Å². The average molecular weight is 432 g/mol. The molecule has 1 fully saturated rings. The summed E-state index contributed by atoms with van der Waals surface area (Å²) in [5, 5.41) is 2.90. The number of furan rings is 1. The Kier molecular flexibility index (Phi) is 5.53. The second-order valence-corrected chi connectivity index (χ2v) is 9.86. The second kappa shape index (κ2) is 8.10. The van der Waals surface area contributed by atoms with Crippen molar-refractivity contribution in [3.63, 3.8) is 0 Å². The van der Waals surface area contributed by atoms with Crippen LogP contribution >= 0.6 is 11.3 Å². The fourth-order valence-corrected chi connectivity index (χ4v) is 4.72. The minimum absolute atomic E-state index is 0.135. The topological polar surface area (TPSA) is 83.7 Å². The molecule has 29 heavy (non-hydrogen) atoms. The first-order chi connectivity index (χ1) is 13.9. The van der Waals surface area contributed by atoms with Gasteiger partial charge in [0, 0.05) is 49.9 Å². The third-order valence-corrected chi connectivity index (χ3v) is 6.85. The minimum Gasteiger partial charge on any atom is -0.462 e. The molecule has 1 amide bonds. The van der Waals surface area contributed by atoms with Crippen LogP contribution in [0.4, 0.5) is 0 Å². The Morgan fingerprint density at radius 1 is 1.17 bits per heavy atom.